The molecule has 0 amide bonds. The lowest BCUT2D eigenvalue weighted by Crippen LogP contribution is -2.12. The Hall–Kier alpha value is -1.40. The van der Waals surface area contributed by atoms with Crippen LogP contribution in [0.15, 0.2) is 24.3 Å². The highest BCUT2D eigenvalue weighted by Gasteiger charge is 2.09. The third-order valence-corrected chi connectivity index (χ3v) is 1.90. The van der Waals surface area contributed by atoms with Crippen LogP contribution in [0.2, 0.25) is 0 Å². The number of hydrogen-bond donors (Lipinski definition) is 1. The summed E-state index contributed by atoms with van der Waals surface area (Å²) in [5.74, 6) is 0. The zero-order chi connectivity index (χ0) is 9.68. The van der Waals surface area contributed by atoms with Crippen LogP contribution in [0.1, 0.15) is 23.6 Å². The fraction of sp³-hybridized carbons (Fsp3) is 0.300. The van der Waals surface area contributed by atoms with E-state index in [-0.39, 0.29) is 12.5 Å². The Labute approximate surface area is 76.8 Å². The molecule has 0 aliphatic carbocycles. The molecule has 0 heterocycles. The monoisotopic (exact) mass is 178 g/mol. The molecule has 0 bridgehead atoms. The zero-order valence-electron chi connectivity index (χ0n) is 7.20. The van der Waals surface area contributed by atoms with Gasteiger partial charge in [-0.3, -0.25) is 4.39 Å². The van der Waals surface area contributed by atoms with Crippen LogP contribution in [0.3, 0.4) is 0 Å². The van der Waals surface area contributed by atoms with Gasteiger partial charge in [-0.15, -0.1) is 0 Å². The molecule has 0 saturated carbocycles. The van der Waals surface area contributed by atoms with E-state index >= 15 is 0 Å². The summed E-state index contributed by atoms with van der Waals surface area (Å²) in [5.41, 5.74) is 6.95. The Balaban J connectivity index is 2.93. The first-order valence-electron chi connectivity index (χ1n) is 4.10. The number of hydrogen-bond acceptors (Lipinski definition) is 2. The molecule has 1 aromatic rings. The van der Waals surface area contributed by atoms with Crippen molar-refractivity contribution in [3.05, 3.63) is 35.4 Å². The minimum atomic E-state index is -0.457. The predicted molar refractivity (Wildman–Crippen MR) is 48.7 cm³/mol. The van der Waals surface area contributed by atoms with Crippen LogP contribution in [0.4, 0.5) is 4.39 Å². The van der Waals surface area contributed by atoms with E-state index in [0.29, 0.717) is 5.56 Å². The van der Waals surface area contributed by atoms with E-state index in [1.165, 1.54) is 0 Å². The van der Waals surface area contributed by atoms with E-state index in [1.54, 1.807) is 24.3 Å². The molecule has 68 valence electrons. The second-order valence-electron chi connectivity index (χ2n) is 2.78. The van der Waals surface area contributed by atoms with E-state index in [0.717, 1.165) is 5.56 Å². The lowest BCUT2D eigenvalue weighted by Gasteiger charge is -2.10. The van der Waals surface area contributed by atoms with Crippen molar-refractivity contribution in [3.63, 3.8) is 0 Å². The van der Waals surface area contributed by atoms with Gasteiger partial charge in [0.25, 0.3) is 0 Å². The molecule has 0 spiro atoms. The van der Waals surface area contributed by atoms with Crippen LogP contribution >= 0.6 is 0 Å². The molecular formula is C10H11FN2. The first-order chi connectivity index (χ1) is 6.29. The molecule has 2 N–H and O–H groups in total. The van der Waals surface area contributed by atoms with Gasteiger partial charge < -0.3 is 5.73 Å². The Morgan fingerprint density at radius 3 is 2.77 bits per heavy atom. The molecule has 0 saturated heterocycles. The number of halogens is 1. The van der Waals surface area contributed by atoms with Crippen LogP contribution in [-0.4, -0.2) is 6.67 Å². The minimum Gasteiger partial charge on any atom is -0.324 e. The van der Waals surface area contributed by atoms with Gasteiger partial charge >= 0.3 is 0 Å². The van der Waals surface area contributed by atoms with Crippen molar-refractivity contribution in [3.8, 4) is 6.07 Å². The second kappa shape index (κ2) is 4.58. The van der Waals surface area contributed by atoms with Crippen LogP contribution in [0, 0.1) is 11.3 Å². The highest BCUT2D eigenvalue weighted by Crippen LogP contribution is 2.17. The lowest BCUT2D eigenvalue weighted by atomic mass is 10.00. The molecule has 0 fully saturated rings. The van der Waals surface area contributed by atoms with Crippen molar-refractivity contribution in [1.82, 2.24) is 0 Å². The Bertz CT molecular complexity index is 317. The summed E-state index contributed by atoms with van der Waals surface area (Å²) < 4.78 is 12.0. The summed E-state index contributed by atoms with van der Waals surface area (Å²) in [6.45, 7) is -0.457. The maximum atomic E-state index is 12.0. The molecule has 0 aliphatic rings. The smallest absolute Gasteiger partial charge is 0.0995 e. The van der Waals surface area contributed by atoms with Crippen LogP contribution in [0.25, 0.3) is 0 Å². The quantitative estimate of drug-likeness (QED) is 0.768. The summed E-state index contributed by atoms with van der Waals surface area (Å²) in [7, 11) is 0. The molecule has 13 heavy (non-hydrogen) atoms. The summed E-state index contributed by atoms with van der Waals surface area (Å²) >= 11 is 0. The Kier molecular flexibility index (Phi) is 3.41. The van der Waals surface area contributed by atoms with Crippen molar-refractivity contribution >= 4 is 0 Å². The van der Waals surface area contributed by atoms with Gasteiger partial charge in [0.05, 0.1) is 18.3 Å². The summed E-state index contributed by atoms with van der Waals surface area (Å²) in [5, 5.41) is 8.74. The fourth-order valence-corrected chi connectivity index (χ4v) is 1.20. The van der Waals surface area contributed by atoms with Crippen LogP contribution in [-0.2, 0) is 0 Å². The Morgan fingerprint density at radius 1 is 1.46 bits per heavy atom. The van der Waals surface area contributed by atoms with E-state index in [2.05, 4.69) is 0 Å². The average Bonchev–Trinajstić information content (AvgIpc) is 2.18. The Morgan fingerprint density at radius 2 is 2.15 bits per heavy atom. The molecule has 0 radical (unpaired) electrons. The molecule has 0 aliphatic heterocycles. The average molecular weight is 178 g/mol. The van der Waals surface area contributed by atoms with Gasteiger partial charge in [0, 0.05) is 6.04 Å². The fourth-order valence-electron chi connectivity index (χ4n) is 1.20. The van der Waals surface area contributed by atoms with Gasteiger partial charge in [-0.2, -0.15) is 5.26 Å². The van der Waals surface area contributed by atoms with Crippen LogP contribution < -0.4 is 5.73 Å². The second-order valence-corrected chi connectivity index (χ2v) is 2.78. The van der Waals surface area contributed by atoms with Crippen molar-refractivity contribution in [1.29, 1.82) is 5.26 Å². The van der Waals surface area contributed by atoms with Gasteiger partial charge in [-0.25, -0.2) is 0 Å². The van der Waals surface area contributed by atoms with Crippen molar-refractivity contribution < 1.29 is 4.39 Å². The summed E-state index contributed by atoms with van der Waals surface area (Å²) in [6, 6.07) is 8.68. The number of benzene rings is 1. The molecule has 2 nitrogen and oxygen atoms in total. The SMILES string of the molecule is N#Cc1ccccc1[C@H](N)CCF. The summed E-state index contributed by atoms with van der Waals surface area (Å²) in [4.78, 5) is 0. The first kappa shape index (κ1) is 9.69. The number of nitriles is 1. The number of nitrogens with two attached hydrogens (primary N) is 1. The topological polar surface area (TPSA) is 49.8 Å². The number of rotatable bonds is 3. The van der Waals surface area contributed by atoms with Gasteiger partial charge in [0.1, 0.15) is 0 Å². The van der Waals surface area contributed by atoms with Crippen molar-refractivity contribution in [2.24, 2.45) is 5.73 Å². The normalized spacial score (nSPS) is 12.1. The molecule has 1 rings (SSSR count). The molecule has 1 aromatic carbocycles. The number of alkyl halides is 1. The van der Waals surface area contributed by atoms with Gasteiger partial charge in [0.2, 0.25) is 0 Å². The number of nitrogens with zero attached hydrogens (tertiary/aromatic N) is 1. The largest absolute Gasteiger partial charge is 0.324 e. The lowest BCUT2D eigenvalue weighted by molar-refractivity contribution is 0.441. The van der Waals surface area contributed by atoms with Gasteiger partial charge in [-0.1, -0.05) is 18.2 Å². The van der Waals surface area contributed by atoms with Gasteiger partial charge in [0.15, 0.2) is 0 Å². The third-order valence-electron chi connectivity index (χ3n) is 1.90. The van der Waals surface area contributed by atoms with E-state index in [1.807, 2.05) is 6.07 Å². The molecule has 0 aromatic heterocycles. The zero-order valence-corrected chi connectivity index (χ0v) is 7.20. The van der Waals surface area contributed by atoms with E-state index in [4.69, 9.17) is 11.0 Å². The van der Waals surface area contributed by atoms with Crippen LogP contribution in [0.5, 0.6) is 0 Å². The maximum absolute atomic E-state index is 12.0. The highest BCUT2D eigenvalue weighted by molar-refractivity contribution is 5.39. The predicted octanol–water partition coefficient (Wildman–Crippen LogP) is 1.92. The molecule has 1 atom stereocenters. The van der Waals surface area contributed by atoms with E-state index in [9.17, 15) is 4.39 Å². The maximum Gasteiger partial charge on any atom is 0.0995 e. The van der Waals surface area contributed by atoms with Crippen molar-refractivity contribution in [2.45, 2.75) is 12.5 Å². The minimum absolute atomic E-state index is 0.263. The first-order valence-corrected chi connectivity index (χ1v) is 4.10. The van der Waals surface area contributed by atoms with Gasteiger partial charge in [-0.05, 0) is 18.1 Å². The standard InChI is InChI=1S/C10H11FN2/c11-6-5-10(13)9-4-2-1-3-8(9)7-12/h1-4,10H,5-6,13H2/t10-/m1/s1. The molecule has 0 unspecified atom stereocenters. The third kappa shape index (κ3) is 2.27. The van der Waals surface area contributed by atoms with E-state index < -0.39 is 6.67 Å². The van der Waals surface area contributed by atoms with Crippen molar-refractivity contribution in [2.75, 3.05) is 6.67 Å². The molecular weight excluding hydrogens is 167 g/mol. The summed E-state index contributed by atoms with van der Waals surface area (Å²) in [6.07, 6.45) is 0.263. The molecule has 3 heteroatoms. The highest BCUT2D eigenvalue weighted by atomic mass is 19.1.